The Kier molecular flexibility index (Phi) is 6.10. The normalized spacial score (nSPS) is 12.9. The number of nitrogens with zero attached hydrogens (tertiary/aromatic N) is 2. The van der Waals surface area contributed by atoms with Gasteiger partial charge in [0, 0.05) is 19.3 Å². The van der Waals surface area contributed by atoms with E-state index in [1.807, 2.05) is 0 Å². The first-order chi connectivity index (χ1) is 8.19. The Morgan fingerprint density at radius 2 is 2.29 bits per heavy atom. The van der Waals surface area contributed by atoms with E-state index in [1.54, 1.807) is 11.7 Å². The van der Waals surface area contributed by atoms with Crippen LogP contribution in [0.3, 0.4) is 0 Å². The lowest BCUT2D eigenvalue weighted by atomic mass is 10.2. The summed E-state index contributed by atoms with van der Waals surface area (Å²) in [5, 5.41) is 3.17. The Hall–Kier alpha value is -0.980. The molecule has 96 valence electrons. The van der Waals surface area contributed by atoms with Gasteiger partial charge in [0.1, 0.15) is 6.04 Å². The van der Waals surface area contributed by atoms with Crippen molar-refractivity contribution < 1.29 is 4.79 Å². The van der Waals surface area contributed by atoms with E-state index in [0.717, 1.165) is 31.1 Å². The molecule has 0 aromatic carbocycles. The van der Waals surface area contributed by atoms with Gasteiger partial charge in [-0.2, -0.15) is 0 Å². The van der Waals surface area contributed by atoms with Crippen molar-refractivity contribution in [3.63, 3.8) is 0 Å². The molecule has 5 nitrogen and oxygen atoms in total. The lowest BCUT2D eigenvalue weighted by molar-refractivity contribution is -0.120. The first-order valence-corrected chi connectivity index (χ1v) is 6.70. The van der Waals surface area contributed by atoms with Crippen LogP contribution in [0.1, 0.15) is 24.8 Å². The molecule has 1 heterocycles. The molecule has 1 atom stereocenters. The molecular formula is C11H20N4OS. The zero-order valence-electron chi connectivity index (χ0n) is 10.3. The number of carbonyl (C=O) groups is 1. The van der Waals surface area contributed by atoms with E-state index in [1.165, 1.54) is 11.3 Å². The van der Waals surface area contributed by atoms with Crippen LogP contribution in [0.15, 0.2) is 11.7 Å². The maximum absolute atomic E-state index is 11.3. The van der Waals surface area contributed by atoms with E-state index in [0.29, 0.717) is 0 Å². The summed E-state index contributed by atoms with van der Waals surface area (Å²) in [4.78, 5) is 18.5. The fourth-order valence-corrected chi connectivity index (χ4v) is 2.32. The van der Waals surface area contributed by atoms with Crippen LogP contribution in [0.5, 0.6) is 0 Å². The number of hydrogen-bond acceptors (Lipinski definition) is 5. The zero-order valence-corrected chi connectivity index (χ0v) is 11.2. The predicted octanol–water partition coefficient (Wildman–Crippen LogP) is 0.601. The Bertz CT molecular complexity index is 324. The van der Waals surface area contributed by atoms with Gasteiger partial charge in [-0.15, -0.1) is 11.3 Å². The van der Waals surface area contributed by atoms with Crippen LogP contribution in [0.25, 0.3) is 0 Å². The number of primary amides is 1. The second-order valence-corrected chi connectivity index (χ2v) is 4.64. The topological polar surface area (TPSA) is 71.2 Å². The van der Waals surface area contributed by atoms with E-state index in [2.05, 4.69) is 29.0 Å². The first-order valence-electron chi connectivity index (χ1n) is 5.82. The van der Waals surface area contributed by atoms with Gasteiger partial charge in [0.05, 0.1) is 10.4 Å². The number of hydrogen-bond donors (Lipinski definition) is 2. The Balaban J connectivity index is 2.44. The molecule has 1 amide bonds. The highest BCUT2D eigenvalue weighted by atomic mass is 32.1. The summed E-state index contributed by atoms with van der Waals surface area (Å²) in [6.07, 6.45) is 1.69. The van der Waals surface area contributed by atoms with Gasteiger partial charge in [0.15, 0.2) is 0 Å². The van der Waals surface area contributed by atoms with E-state index in [9.17, 15) is 4.79 Å². The van der Waals surface area contributed by atoms with Crippen molar-refractivity contribution in [2.24, 2.45) is 5.73 Å². The van der Waals surface area contributed by atoms with Gasteiger partial charge >= 0.3 is 0 Å². The Morgan fingerprint density at radius 1 is 1.59 bits per heavy atom. The summed E-state index contributed by atoms with van der Waals surface area (Å²) in [7, 11) is 0. The largest absolute Gasteiger partial charge is 0.368 e. The van der Waals surface area contributed by atoms with Crippen LogP contribution in [-0.2, 0) is 4.79 Å². The fraction of sp³-hybridized carbons (Fsp3) is 0.636. The van der Waals surface area contributed by atoms with Gasteiger partial charge in [-0.3, -0.25) is 9.78 Å². The number of rotatable bonds is 8. The lowest BCUT2D eigenvalue weighted by Gasteiger charge is -2.20. The highest BCUT2D eigenvalue weighted by Gasteiger charge is 2.18. The molecule has 0 saturated heterocycles. The maximum Gasteiger partial charge on any atom is 0.240 e. The third-order valence-corrected chi connectivity index (χ3v) is 3.53. The molecule has 6 heteroatoms. The number of nitrogens with one attached hydrogen (secondary N) is 1. The van der Waals surface area contributed by atoms with Crippen molar-refractivity contribution in [1.29, 1.82) is 0 Å². The van der Waals surface area contributed by atoms with Crippen LogP contribution in [-0.4, -0.2) is 42.0 Å². The quantitative estimate of drug-likeness (QED) is 0.714. The number of aromatic nitrogens is 1. The first kappa shape index (κ1) is 14.1. The summed E-state index contributed by atoms with van der Waals surface area (Å²) in [6, 6.07) is -0.418. The smallest absolute Gasteiger partial charge is 0.240 e. The van der Waals surface area contributed by atoms with Crippen molar-refractivity contribution in [2.45, 2.75) is 19.9 Å². The summed E-state index contributed by atoms with van der Waals surface area (Å²) in [5.41, 5.74) is 7.08. The van der Waals surface area contributed by atoms with E-state index >= 15 is 0 Å². The Morgan fingerprint density at radius 3 is 2.76 bits per heavy atom. The van der Waals surface area contributed by atoms with Crippen LogP contribution in [0.4, 0.5) is 0 Å². The summed E-state index contributed by atoms with van der Waals surface area (Å²) >= 11 is 1.44. The van der Waals surface area contributed by atoms with Crippen LogP contribution in [0, 0.1) is 0 Å². The van der Waals surface area contributed by atoms with Crippen molar-refractivity contribution in [3.8, 4) is 0 Å². The highest BCUT2D eigenvalue weighted by Crippen LogP contribution is 2.16. The molecule has 0 radical (unpaired) electrons. The average Bonchev–Trinajstić information content (AvgIpc) is 2.82. The molecule has 0 aliphatic rings. The number of amides is 1. The van der Waals surface area contributed by atoms with Crippen molar-refractivity contribution in [1.82, 2.24) is 15.2 Å². The third-order valence-electron chi connectivity index (χ3n) is 2.69. The second-order valence-electron chi connectivity index (χ2n) is 3.72. The van der Waals surface area contributed by atoms with Gasteiger partial charge in [0.2, 0.25) is 5.91 Å². The van der Waals surface area contributed by atoms with Gasteiger partial charge in [-0.1, -0.05) is 13.8 Å². The lowest BCUT2D eigenvalue weighted by Crippen LogP contribution is -2.38. The zero-order chi connectivity index (χ0) is 12.7. The highest BCUT2D eigenvalue weighted by molar-refractivity contribution is 7.09. The second kappa shape index (κ2) is 7.37. The molecule has 0 spiro atoms. The molecule has 3 N–H and O–H groups in total. The van der Waals surface area contributed by atoms with Gasteiger partial charge in [-0.25, -0.2) is 0 Å². The molecule has 17 heavy (non-hydrogen) atoms. The number of thiazole rings is 1. The molecular weight excluding hydrogens is 236 g/mol. The minimum Gasteiger partial charge on any atom is -0.368 e. The van der Waals surface area contributed by atoms with E-state index < -0.39 is 6.04 Å². The van der Waals surface area contributed by atoms with Gasteiger partial charge in [0.25, 0.3) is 0 Å². The van der Waals surface area contributed by atoms with Crippen LogP contribution < -0.4 is 11.1 Å². The monoisotopic (exact) mass is 256 g/mol. The summed E-state index contributed by atoms with van der Waals surface area (Å²) in [6.45, 7) is 7.93. The average molecular weight is 256 g/mol. The van der Waals surface area contributed by atoms with Gasteiger partial charge in [-0.05, 0) is 13.1 Å². The van der Waals surface area contributed by atoms with Crippen molar-refractivity contribution in [3.05, 3.63) is 16.6 Å². The predicted molar refractivity (Wildman–Crippen MR) is 69.8 cm³/mol. The number of nitrogens with two attached hydrogens (primary N) is 1. The molecule has 1 rings (SSSR count). The maximum atomic E-state index is 11.3. The van der Waals surface area contributed by atoms with Crippen molar-refractivity contribution in [2.75, 3.05) is 26.2 Å². The Labute approximate surface area is 106 Å². The van der Waals surface area contributed by atoms with Crippen molar-refractivity contribution >= 4 is 17.2 Å². The third kappa shape index (κ3) is 4.41. The molecule has 0 saturated carbocycles. The molecule has 1 aromatic heterocycles. The SMILES string of the molecule is CCN(CC)CCNC(C(N)=O)c1cncs1. The summed E-state index contributed by atoms with van der Waals surface area (Å²) in [5.74, 6) is -0.353. The van der Waals surface area contributed by atoms with E-state index in [-0.39, 0.29) is 5.91 Å². The molecule has 0 aliphatic heterocycles. The molecule has 1 aromatic rings. The summed E-state index contributed by atoms with van der Waals surface area (Å²) < 4.78 is 0. The van der Waals surface area contributed by atoms with E-state index in [4.69, 9.17) is 5.73 Å². The fourth-order valence-electron chi connectivity index (χ4n) is 1.62. The minimum atomic E-state index is -0.418. The molecule has 1 unspecified atom stereocenters. The van der Waals surface area contributed by atoms with Crippen LogP contribution in [0.2, 0.25) is 0 Å². The standard InChI is InChI=1S/C11H20N4OS/c1-3-15(4-2)6-5-14-10(11(12)16)9-7-13-8-17-9/h7-8,10,14H,3-6H2,1-2H3,(H2,12,16). The van der Waals surface area contributed by atoms with Gasteiger partial charge < -0.3 is 16.0 Å². The number of likely N-dealkylation sites (N-methyl/N-ethyl adjacent to an activating group) is 1. The molecule has 0 bridgehead atoms. The molecule has 0 fully saturated rings. The number of carbonyl (C=O) groups excluding carboxylic acids is 1. The molecule has 0 aliphatic carbocycles. The minimum absolute atomic E-state index is 0.353. The van der Waals surface area contributed by atoms with Crippen LogP contribution >= 0.6 is 11.3 Å².